The highest BCUT2D eigenvalue weighted by Crippen LogP contribution is 2.31. The van der Waals surface area contributed by atoms with E-state index in [0.29, 0.717) is 12.0 Å². The van der Waals surface area contributed by atoms with E-state index in [9.17, 15) is 0 Å². The molecule has 1 aromatic heterocycles. The molecule has 0 aliphatic carbocycles. The molecule has 2 heterocycles. The maximum Gasteiger partial charge on any atom is 0.191 e. The van der Waals surface area contributed by atoms with Crippen LogP contribution in [0.2, 0.25) is 0 Å². The summed E-state index contributed by atoms with van der Waals surface area (Å²) in [7, 11) is 0. The maximum atomic E-state index is 5.91. The Balaban J connectivity index is 2.15. The highest BCUT2D eigenvalue weighted by molar-refractivity contribution is 7.12. The Morgan fingerprint density at radius 3 is 2.94 bits per heavy atom. The number of aryl methyl sites for hydroxylation is 1. The zero-order valence-corrected chi connectivity index (χ0v) is 10.8. The molecule has 88 valence electrons. The van der Waals surface area contributed by atoms with Crippen molar-refractivity contribution in [1.82, 2.24) is 4.90 Å². The molecule has 0 saturated carbocycles. The van der Waals surface area contributed by atoms with Gasteiger partial charge in [-0.05, 0) is 25.0 Å². The Hall–Kier alpha value is -1.03. The lowest BCUT2D eigenvalue weighted by atomic mass is 10.2. The Morgan fingerprint density at radius 2 is 2.31 bits per heavy atom. The number of nitrogens with zero attached hydrogens (tertiary/aromatic N) is 2. The van der Waals surface area contributed by atoms with Gasteiger partial charge in [-0.2, -0.15) is 0 Å². The maximum absolute atomic E-state index is 5.91. The van der Waals surface area contributed by atoms with Gasteiger partial charge in [-0.25, -0.2) is 0 Å². The van der Waals surface area contributed by atoms with E-state index in [-0.39, 0.29) is 0 Å². The SMILES string of the molecule is CCCN1C(N)=NCC1c1ccc(CC)s1. The Bertz CT molecular complexity index is 383. The lowest BCUT2D eigenvalue weighted by Gasteiger charge is -2.24. The molecule has 3 nitrogen and oxygen atoms in total. The van der Waals surface area contributed by atoms with Crippen molar-refractivity contribution in [2.45, 2.75) is 32.7 Å². The first kappa shape index (κ1) is 11.5. The topological polar surface area (TPSA) is 41.6 Å². The molecule has 0 amide bonds. The van der Waals surface area contributed by atoms with Crippen LogP contribution in [0.3, 0.4) is 0 Å². The fraction of sp³-hybridized carbons (Fsp3) is 0.583. The highest BCUT2D eigenvalue weighted by Gasteiger charge is 2.27. The number of hydrogen-bond donors (Lipinski definition) is 1. The molecule has 1 aromatic rings. The molecule has 4 heteroatoms. The fourth-order valence-electron chi connectivity index (χ4n) is 2.05. The molecule has 0 bridgehead atoms. The molecule has 1 aliphatic heterocycles. The van der Waals surface area contributed by atoms with E-state index in [2.05, 4.69) is 35.9 Å². The van der Waals surface area contributed by atoms with Gasteiger partial charge in [0.25, 0.3) is 0 Å². The number of nitrogens with two attached hydrogens (primary N) is 1. The number of rotatable bonds is 4. The van der Waals surface area contributed by atoms with Crippen molar-refractivity contribution in [3.8, 4) is 0 Å². The van der Waals surface area contributed by atoms with Crippen molar-refractivity contribution in [1.29, 1.82) is 0 Å². The first-order chi connectivity index (χ1) is 7.76. The van der Waals surface area contributed by atoms with E-state index >= 15 is 0 Å². The molecule has 2 N–H and O–H groups in total. The molecule has 0 fully saturated rings. The second-order valence-corrected chi connectivity index (χ2v) is 5.27. The van der Waals surface area contributed by atoms with Crippen LogP contribution in [0, 0.1) is 0 Å². The van der Waals surface area contributed by atoms with Gasteiger partial charge in [-0.3, -0.25) is 4.99 Å². The molecule has 1 unspecified atom stereocenters. The number of hydrogen-bond acceptors (Lipinski definition) is 4. The number of guanidine groups is 1. The zero-order chi connectivity index (χ0) is 11.5. The summed E-state index contributed by atoms with van der Waals surface area (Å²) in [4.78, 5) is 9.42. The van der Waals surface area contributed by atoms with Crippen molar-refractivity contribution >= 4 is 17.3 Å². The third-order valence-corrected chi connectivity index (χ3v) is 4.25. The van der Waals surface area contributed by atoms with Crippen LogP contribution in [0.1, 0.15) is 36.1 Å². The predicted molar refractivity (Wildman–Crippen MR) is 69.9 cm³/mol. The lowest BCUT2D eigenvalue weighted by Crippen LogP contribution is -2.36. The fourth-order valence-corrected chi connectivity index (χ4v) is 3.10. The minimum Gasteiger partial charge on any atom is -0.370 e. The Kier molecular flexibility index (Phi) is 3.49. The van der Waals surface area contributed by atoms with Gasteiger partial charge in [-0.15, -0.1) is 11.3 Å². The molecular formula is C12H19N3S. The van der Waals surface area contributed by atoms with E-state index in [0.717, 1.165) is 25.9 Å². The van der Waals surface area contributed by atoms with Crippen LogP contribution < -0.4 is 5.73 Å². The second-order valence-electron chi connectivity index (χ2n) is 4.07. The van der Waals surface area contributed by atoms with Gasteiger partial charge in [-0.1, -0.05) is 13.8 Å². The summed E-state index contributed by atoms with van der Waals surface area (Å²) >= 11 is 1.89. The van der Waals surface area contributed by atoms with Gasteiger partial charge in [0, 0.05) is 16.3 Å². The number of aliphatic imine (C=N–C) groups is 1. The van der Waals surface area contributed by atoms with Crippen molar-refractivity contribution < 1.29 is 0 Å². The lowest BCUT2D eigenvalue weighted by molar-refractivity contribution is 0.351. The zero-order valence-electron chi connectivity index (χ0n) is 9.94. The smallest absolute Gasteiger partial charge is 0.191 e. The highest BCUT2D eigenvalue weighted by atomic mass is 32.1. The van der Waals surface area contributed by atoms with Crippen LogP contribution in [0.4, 0.5) is 0 Å². The standard InChI is InChI=1S/C12H19N3S/c1-3-7-15-10(8-14-12(15)13)11-6-5-9(4-2)16-11/h5-6,10H,3-4,7-8H2,1-2H3,(H2,13,14). The predicted octanol–water partition coefficient (Wildman–Crippen LogP) is 2.39. The summed E-state index contributed by atoms with van der Waals surface area (Å²) in [5.41, 5.74) is 5.91. The monoisotopic (exact) mass is 237 g/mol. The first-order valence-electron chi connectivity index (χ1n) is 5.91. The van der Waals surface area contributed by atoms with Gasteiger partial charge in [0.15, 0.2) is 5.96 Å². The Morgan fingerprint density at radius 1 is 1.50 bits per heavy atom. The molecule has 2 rings (SSSR count). The van der Waals surface area contributed by atoms with E-state index in [1.165, 1.54) is 9.75 Å². The van der Waals surface area contributed by atoms with Gasteiger partial charge < -0.3 is 10.6 Å². The molecule has 1 atom stereocenters. The van der Waals surface area contributed by atoms with Crippen LogP contribution in [0.5, 0.6) is 0 Å². The van der Waals surface area contributed by atoms with Gasteiger partial charge in [0.1, 0.15) is 0 Å². The van der Waals surface area contributed by atoms with Crippen molar-refractivity contribution in [2.75, 3.05) is 13.1 Å². The molecule has 0 spiro atoms. The minimum atomic E-state index is 0.380. The van der Waals surface area contributed by atoms with Gasteiger partial charge in [0.05, 0.1) is 12.6 Å². The average Bonchev–Trinajstić information content (AvgIpc) is 2.87. The van der Waals surface area contributed by atoms with Crippen LogP contribution in [-0.2, 0) is 6.42 Å². The summed E-state index contributed by atoms with van der Waals surface area (Å²) in [5.74, 6) is 0.707. The van der Waals surface area contributed by atoms with E-state index in [1.54, 1.807) is 0 Å². The van der Waals surface area contributed by atoms with E-state index < -0.39 is 0 Å². The molecule has 0 aromatic carbocycles. The third kappa shape index (κ3) is 2.07. The summed E-state index contributed by atoms with van der Waals surface area (Å²) in [6.07, 6.45) is 2.22. The molecule has 16 heavy (non-hydrogen) atoms. The van der Waals surface area contributed by atoms with Crippen LogP contribution in [-0.4, -0.2) is 23.9 Å². The first-order valence-corrected chi connectivity index (χ1v) is 6.73. The molecular weight excluding hydrogens is 218 g/mol. The minimum absolute atomic E-state index is 0.380. The van der Waals surface area contributed by atoms with Crippen LogP contribution >= 0.6 is 11.3 Å². The molecule has 1 aliphatic rings. The average molecular weight is 237 g/mol. The van der Waals surface area contributed by atoms with Crippen LogP contribution in [0.15, 0.2) is 17.1 Å². The normalized spacial score (nSPS) is 20.2. The summed E-state index contributed by atoms with van der Waals surface area (Å²) < 4.78 is 0. The van der Waals surface area contributed by atoms with Crippen LogP contribution in [0.25, 0.3) is 0 Å². The largest absolute Gasteiger partial charge is 0.370 e. The molecule has 0 radical (unpaired) electrons. The summed E-state index contributed by atoms with van der Waals surface area (Å²) in [5, 5.41) is 0. The number of thiophene rings is 1. The second kappa shape index (κ2) is 4.87. The van der Waals surface area contributed by atoms with Crippen molar-refractivity contribution in [3.63, 3.8) is 0 Å². The van der Waals surface area contributed by atoms with E-state index in [4.69, 9.17) is 5.73 Å². The van der Waals surface area contributed by atoms with E-state index in [1.807, 2.05) is 11.3 Å². The van der Waals surface area contributed by atoms with Crippen molar-refractivity contribution in [3.05, 3.63) is 21.9 Å². The van der Waals surface area contributed by atoms with Gasteiger partial charge in [0.2, 0.25) is 0 Å². The summed E-state index contributed by atoms with van der Waals surface area (Å²) in [6.45, 7) is 6.18. The molecule has 0 saturated heterocycles. The summed E-state index contributed by atoms with van der Waals surface area (Å²) in [6, 6.07) is 4.83. The quantitative estimate of drug-likeness (QED) is 0.873. The van der Waals surface area contributed by atoms with Crippen molar-refractivity contribution in [2.24, 2.45) is 10.7 Å². The Labute approximate surface area is 101 Å². The van der Waals surface area contributed by atoms with Gasteiger partial charge >= 0.3 is 0 Å². The third-order valence-electron chi connectivity index (χ3n) is 2.92.